The largest absolute Gasteiger partial charge is 0.455 e. The lowest BCUT2D eigenvalue weighted by atomic mass is 10.00. The summed E-state index contributed by atoms with van der Waals surface area (Å²) in [5.74, 6) is 0.611. The van der Waals surface area contributed by atoms with Gasteiger partial charge in [-0.1, -0.05) is 109 Å². The van der Waals surface area contributed by atoms with Gasteiger partial charge in [0.15, 0.2) is 0 Å². The van der Waals surface area contributed by atoms with Gasteiger partial charge in [-0.25, -0.2) is 9.97 Å². The molecule has 7 aromatic carbocycles. The quantitative estimate of drug-likeness (QED) is 0.196. The Morgan fingerprint density at radius 1 is 0.429 bits per heavy atom. The summed E-state index contributed by atoms with van der Waals surface area (Å²) >= 11 is 0. The summed E-state index contributed by atoms with van der Waals surface area (Å²) < 4.78 is 15.3. The topological polar surface area (TPSA) is 57.0 Å². The molecule has 0 radical (unpaired) electrons. The highest BCUT2D eigenvalue weighted by molar-refractivity contribution is 6.24. The van der Waals surface area contributed by atoms with Gasteiger partial charge >= 0.3 is 0 Å². The van der Waals surface area contributed by atoms with Crippen LogP contribution in [0.4, 0.5) is 0 Å². The van der Waals surface area contributed by atoms with Crippen molar-refractivity contribution in [1.82, 2.24) is 14.5 Å². The van der Waals surface area contributed by atoms with Gasteiger partial charge in [-0.2, -0.15) is 0 Å². The molecule has 5 nitrogen and oxygen atoms in total. The molecule has 0 aliphatic rings. The lowest BCUT2D eigenvalue weighted by Crippen LogP contribution is -2.03. The van der Waals surface area contributed by atoms with Crippen LogP contribution >= 0.6 is 0 Å². The molecular weight excluding hydrogens is 603 g/mol. The van der Waals surface area contributed by atoms with Crippen molar-refractivity contribution in [3.63, 3.8) is 0 Å². The molecule has 4 aromatic heterocycles. The summed E-state index contributed by atoms with van der Waals surface area (Å²) in [6, 6.07) is 52.4. The predicted octanol–water partition coefficient (Wildman–Crippen LogP) is 11.9. The van der Waals surface area contributed by atoms with Crippen LogP contribution in [0.1, 0.15) is 0 Å². The van der Waals surface area contributed by atoms with Crippen LogP contribution in [0.3, 0.4) is 0 Å². The maximum atomic E-state index is 6.67. The van der Waals surface area contributed by atoms with Crippen molar-refractivity contribution in [2.24, 2.45) is 0 Å². The van der Waals surface area contributed by atoms with Crippen LogP contribution in [0, 0.1) is 0 Å². The summed E-state index contributed by atoms with van der Waals surface area (Å²) in [6.45, 7) is 0. The molecule has 0 unspecified atom stereocenters. The Morgan fingerprint density at radius 3 is 1.90 bits per heavy atom. The molecule has 11 rings (SSSR count). The third kappa shape index (κ3) is 3.75. The minimum Gasteiger partial charge on any atom is -0.455 e. The fourth-order valence-corrected chi connectivity index (χ4v) is 7.62. The van der Waals surface area contributed by atoms with E-state index in [0.29, 0.717) is 5.95 Å². The van der Waals surface area contributed by atoms with E-state index in [1.165, 1.54) is 0 Å². The van der Waals surface area contributed by atoms with Gasteiger partial charge in [0.2, 0.25) is 5.95 Å². The molecule has 228 valence electrons. The number of benzene rings is 7. The van der Waals surface area contributed by atoms with E-state index in [1.54, 1.807) is 0 Å². The Labute approximate surface area is 279 Å². The zero-order chi connectivity index (χ0) is 32.1. The summed E-state index contributed by atoms with van der Waals surface area (Å²) in [6.07, 6.45) is 0. The zero-order valence-corrected chi connectivity index (χ0v) is 26.1. The molecule has 0 spiro atoms. The SMILES string of the molecule is c1ccc(-c2nc(-n3c4ccc(-c5cccc6c5oc5ccccc56)cc4c4c5oc6ccccc6c5ccc43)nc3ccccc23)cc1. The second kappa shape index (κ2) is 9.89. The van der Waals surface area contributed by atoms with E-state index in [4.69, 9.17) is 18.8 Å². The lowest BCUT2D eigenvalue weighted by Gasteiger charge is -2.12. The predicted molar refractivity (Wildman–Crippen MR) is 199 cm³/mol. The first kappa shape index (κ1) is 26.4. The average molecular weight is 628 g/mol. The second-order valence-electron chi connectivity index (χ2n) is 12.5. The third-order valence-corrected chi connectivity index (χ3v) is 9.83. The second-order valence-corrected chi connectivity index (χ2v) is 12.5. The fourth-order valence-electron chi connectivity index (χ4n) is 7.62. The molecule has 49 heavy (non-hydrogen) atoms. The van der Waals surface area contributed by atoms with Crippen molar-refractivity contribution >= 4 is 76.6 Å². The van der Waals surface area contributed by atoms with E-state index >= 15 is 0 Å². The summed E-state index contributed by atoms with van der Waals surface area (Å²) in [5.41, 5.74) is 10.4. The van der Waals surface area contributed by atoms with Gasteiger partial charge in [-0.3, -0.25) is 4.57 Å². The highest BCUT2D eigenvalue weighted by Crippen LogP contribution is 2.43. The Bertz CT molecular complexity index is 3110. The van der Waals surface area contributed by atoms with Crippen molar-refractivity contribution < 1.29 is 8.83 Å². The molecule has 0 saturated carbocycles. The first-order valence-electron chi connectivity index (χ1n) is 16.4. The van der Waals surface area contributed by atoms with Gasteiger partial charge in [0, 0.05) is 43.4 Å². The van der Waals surface area contributed by atoms with Crippen LogP contribution in [-0.2, 0) is 0 Å². The lowest BCUT2D eigenvalue weighted by molar-refractivity contribution is 0.670. The van der Waals surface area contributed by atoms with Crippen LogP contribution in [0.25, 0.3) is 105 Å². The molecule has 0 saturated heterocycles. The van der Waals surface area contributed by atoms with Crippen LogP contribution < -0.4 is 0 Å². The van der Waals surface area contributed by atoms with Crippen molar-refractivity contribution in [2.45, 2.75) is 0 Å². The molecule has 5 heteroatoms. The Kier molecular flexibility index (Phi) is 5.32. The number of hydrogen-bond donors (Lipinski definition) is 0. The van der Waals surface area contributed by atoms with Crippen LogP contribution in [0.15, 0.2) is 160 Å². The van der Waals surface area contributed by atoms with Gasteiger partial charge in [-0.05, 0) is 48.0 Å². The average Bonchev–Trinajstić information content (AvgIpc) is 3.84. The molecule has 0 amide bonds. The van der Waals surface area contributed by atoms with E-state index in [9.17, 15) is 0 Å². The van der Waals surface area contributed by atoms with Crippen molar-refractivity contribution in [3.8, 4) is 28.3 Å². The molecule has 0 aliphatic heterocycles. The molecular formula is C44H25N3O2. The first-order chi connectivity index (χ1) is 24.3. The van der Waals surface area contributed by atoms with Gasteiger partial charge in [0.25, 0.3) is 0 Å². The van der Waals surface area contributed by atoms with Crippen LogP contribution in [0.5, 0.6) is 0 Å². The Balaban J connectivity index is 1.26. The fraction of sp³-hybridized carbons (Fsp3) is 0. The van der Waals surface area contributed by atoms with Crippen molar-refractivity contribution in [3.05, 3.63) is 152 Å². The maximum Gasteiger partial charge on any atom is 0.235 e. The smallest absolute Gasteiger partial charge is 0.235 e. The molecule has 11 aromatic rings. The number of nitrogens with zero attached hydrogens (tertiary/aromatic N) is 3. The van der Waals surface area contributed by atoms with Crippen LogP contribution in [-0.4, -0.2) is 14.5 Å². The Morgan fingerprint density at radius 2 is 1.08 bits per heavy atom. The normalized spacial score (nSPS) is 12.1. The zero-order valence-electron chi connectivity index (χ0n) is 26.1. The highest BCUT2D eigenvalue weighted by Gasteiger charge is 2.22. The molecule has 4 heterocycles. The Hall–Kier alpha value is -6.72. The molecule has 0 aliphatic carbocycles. The number of aromatic nitrogens is 3. The molecule has 0 N–H and O–H groups in total. The van der Waals surface area contributed by atoms with E-state index in [2.05, 4.69) is 114 Å². The van der Waals surface area contributed by atoms with E-state index < -0.39 is 0 Å². The molecule has 0 atom stereocenters. The van der Waals surface area contributed by atoms with Gasteiger partial charge in [0.1, 0.15) is 22.3 Å². The number of hydrogen-bond acceptors (Lipinski definition) is 4. The highest BCUT2D eigenvalue weighted by atomic mass is 16.3. The number of furan rings is 2. The summed E-state index contributed by atoms with van der Waals surface area (Å²) in [7, 11) is 0. The summed E-state index contributed by atoms with van der Waals surface area (Å²) in [5, 5.41) is 7.49. The monoisotopic (exact) mass is 627 g/mol. The van der Waals surface area contributed by atoms with Crippen LogP contribution in [0.2, 0.25) is 0 Å². The standard InChI is InChI=1S/C44H25N3O2/c1-2-11-26(12-3-1)41-33-15-4-7-18-35(33)45-44(46-41)47-36-23-21-27(28-16-10-17-31-29-13-5-8-19-38(29)48-42(28)31)25-34(36)40-37(47)24-22-32-30-14-6-9-20-39(30)49-43(32)40/h1-25H. The maximum absolute atomic E-state index is 6.67. The molecule has 0 bridgehead atoms. The third-order valence-electron chi connectivity index (χ3n) is 9.83. The number of rotatable bonds is 3. The van der Waals surface area contributed by atoms with E-state index in [-0.39, 0.29) is 0 Å². The number of fused-ring (bicyclic) bond motifs is 11. The minimum atomic E-state index is 0.611. The first-order valence-corrected chi connectivity index (χ1v) is 16.4. The van der Waals surface area contributed by atoms with Crippen molar-refractivity contribution in [1.29, 1.82) is 0 Å². The van der Waals surface area contributed by atoms with Gasteiger partial charge in [0.05, 0.1) is 27.6 Å². The molecule has 0 fully saturated rings. The van der Waals surface area contributed by atoms with Crippen molar-refractivity contribution in [2.75, 3.05) is 0 Å². The minimum absolute atomic E-state index is 0.611. The van der Waals surface area contributed by atoms with Gasteiger partial charge < -0.3 is 8.83 Å². The summed E-state index contributed by atoms with van der Waals surface area (Å²) in [4.78, 5) is 10.5. The van der Waals surface area contributed by atoms with E-state index in [0.717, 1.165) is 99.0 Å². The van der Waals surface area contributed by atoms with Gasteiger partial charge in [-0.15, -0.1) is 0 Å². The number of para-hydroxylation sites is 4. The van der Waals surface area contributed by atoms with E-state index in [1.807, 2.05) is 42.5 Å².